The van der Waals surface area contributed by atoms with Crippen molar-refractivity contribution in [1.29, 1.82) is 0 Å². The number of benzene rings is 1. The Bertz CT molecular complexity index is 563. The number of hydrogen-bond donors (Lipinski definition) is 1. The predicted molar refractivity (Wildman–Crippen MR) is 67.4 cm³/mol. The molecule has 0 aliphatic carbocycles. The zero-order chi connectivity index (χ0) is 12.6. The lowest BCUT2D eigenvalue weighted by Crippen LogP contribution is -1.98. The summed E-state index contributed by atoms with van der Waals surface area (Å²) in [6.07, 6.45) is 0.687. The van der Waals surface area contributed by atoms with Crippen molar-refractivity contribution in [2.24, 2.45) is 7.05 Å². The maximum atomic E-state index is 14.0. The molecule has 0 saturated heterocycles. The highest BCUT2D eigenvalue weighted by molar-refractivity contribution is 6.31. The summed E-state index contributed by atoms with van der Waals surface area (Å²) < 4.78 is 15.5. The predicted octanol–water partition coefficient (Wildman–Crippen LogP) is 3.02. The second kappa shape index (κ2) is 4.37. The van der Waals surface area contributed by atoms with E-state index in [-0.39, 0.29) is 5.02 Å². The summed E-state index contributed by atoms with van der Waals surface area (Å²) in [7, 11) is 1.74. The summed E-state index contributed by atoms with van der Waals surface area (Å²) in [4.78, 5) is 0. The molecule has 2 aromatic rings. The van der Waals surface area contributed by atoms with Crippen LogP contribution in [0.15, 0.2) is 18.2 Å². The lowest BCUT2D eigenvalue weighted by atomic mass is 10.0. The third kappa shape index (κ3) is 1.89. The molecule has 0 amide bonds. The van der Waals surface area contributed by atoms with E-state index in [1.807, 2.05) is 6.92 Å². The van der Waals surface area contributed by atoms with Gasteiger partial charge in [0.15, 0.2) is 0 Å². The number of aryl methyl sites for hydroxylation is 2. The van der Waals surface area contributed by atoms with Crippen LogP contribution in [0.5, 0.6) is 0 Å². The summed E-state index contributed by atoms with van der Waals surface area (Å²) in [6.45, 7) is 1.95. The zero-order valence-corrected chi connectivity index (χ0v) is 10.4. The monoisotopic (exact) mass is 253 g/mol. The molecule has 90 valence electrons. The van der Waals surface area contributed by atoms with Crippen LogP contribution in [0, 0.1) is 5.82 Å². The van der Waals surface area contributed by atoms with Crippen molar-refractivity contribution in [3.05, 3.63) is 34.7 Å². The number of halogens is 2. The van der Waals surface area contributed by atoms with Gasteiger partial charge in [-0.3, -0.25) is 4.68 Å². The van der Waals surface area contributed by atoms with Crippen molar-refractivity contribution < 1.29 is 4.39 Å². The molecule has 1 heterocycles. The number of nitrogens with two attached hydrogens (primary N) is 1. The number of anilines is 1. The zero-order valence-electron chi connectivity index (χ0n) is 9.67. The molecule has 0 aliphatic heterocycles. The lowest BCUT2D eigenvalue weighted by Gasteiger charge is -2.05. The molecule has 0 atom stereocenters. The van der Waals surface area contributed by atoms with Crippen LogP contribution in [-0.4, -0.2) is 9.78 Å². The molecule has 2 rings (SSSR count). The van der Waals surface area contributed by atoms with Crippen LogP contribution in [0.2, 0.25) is 5.02 Å². The van der Waals surface area contributed by atoms with Gasteiger partial charge < -0.3 is 5.73 Å². The van der Waals surface area contributed by atoms with Crippen molar-refractivity contribution in [1.82, 2.24) is 9.78 Å². The Morgan fingerprint density at radius 3 is 2.82 bits per heavy atom. The van der Waals surface area contributed by atoms with Crippen LogP contribution >= 0.6 is 11.6 Å². The molecule has 17 heavy (non-hydrogen) atoms. The van der Waals surface area contributed by atoms with Gasteiger partial charge in [0.05, 0.1) is 10.7 Å². The lowest BCUT2D eigenvalue weighted by molar-refractivity contribution is 0.631. The Balaban J connectivity index is 2.72. The maximum absolute atomic E-state index is 14.0. The SMILES string of the molecule is CCc1nn(C)c(N)c1-c1cccc(Cl)c1F. The normalized spacial score (nSPS) is 10.8. The van der Waals surface area contributed by atoms with Crippen molar-refractivity contribution in [2.75, 3.05) is 5.73 Å². The molecule has 0 radical (unpaired) electrons. The topological polar surface area (TPSA) is 43.8 Å². The van der Waals surface area contributed by atoms with Gasteiger partial charge >= 0.3 is 0 Å². The minimum absolute atomic E-state index is 0.0906. The first kappa shape index (κ1) is 11.9. The molecule has 0 saturated carbocycles. The highest BCUT2D eigenvalue weighted by Gasteiger charge is 2.18. The van der Waals surface area contributed by atoms with E-state index in [1.165, 1.54) is 6.07 Å². The number of hydrogen-bond acceptors (Lipinski definition) is 2. The van der Waals surface area contributed by atoms with Gasteiger partial charge in [0.1, 0.15) is 11.6 Å². The van der Waals surface area contributed by atoms with Gasteiger partial charge in [-0.15, -0.1) is 0 Å². The van der Waals surface area contributed by atoms with Gasteiger partial charge in [-0.2, -0.15) is 5.10 Å². The average molecular weight is 254 g/mol. The molecule has 5 heteroatoms. The van der Waals surface area contributed by atoms with Crippen LogP contribution in [0.1, 0.15) is 12.6 Å². The molecule has 0 aliphatic rings. The van der Waals surface area contributed by atoms with E-state index in [1.54, 1.807) is 23.9 Å². The molecule has 2 N–H and O–H groups in total. The van der Waals surface area contributed by atoms with E-state index in [2.05, 4.69) is 5.10 Å². The van der Waals surface area contributed by atoms with Crippen LogP contribution in [-0.2, 0) is 13.5 Å². The Kier molecular flexibility index (Phi) is 3.07. The van der Waals surface area contributed by atoms with Gasteiger partial charge in [0, 0.05) is 18.2 Å². The smallest absolute Gasteiger partial charge is 0.149 e. The van der Waals surface area contributed by atoms with Gasteiger partial charge in [-0.25, -0.2) is 4.39 Å². The molecule has 1 aromatic heterocycles. The number of aromatic nitrogens is 2. The van der Waals surface area contributed by atoms with E-state index < -0.39 is 5.82 Å². The molecule has 3 nitrogen and oxygen atoms in total. The average Bonchev–Trinajstić information content (AvgIpc) is 2.59. The molecular formula is C12H13ClFN3. The van der Waals surface area contributed by atoms with Crippen molar-refractivity contribution in [3.8, 4) is 11.1 Å². The van der Waals surface area contributed by atoms with Gasteiger partial charge in [0.25, 0.3) is 0 Å². The number of nitrogens with zero attached hydrogens (tertiary/aromatic N) is 2. The summed E-state index contributed by atoms with van der Waals surface area (Å²) in [6, 6.07) is 4.87. The second-order valence-corrected chi connectivity index (χ2v) is 4.19. The van der Waals surface area contributed by atoms with Crippen LogP contribution < -0.4 is 5.73 Å². The summed E-state index contributed by atoms with van der Waals surface area (Å²) in [5.74, 6) is -0.00779. The van der Waals surface area contributed by atoms with Crippen LogP contribution in [0.3, 0.4) is 0 Å². The fourth-order valence-electron chi connectivity index (χ4n) is 1.83. The highest BCUT2D eigenvalue weighted by Crippen LogP contribution is 2.34. The largest absolute Gasteiger partial charge is 0.383 e. The third-order valence-electron chi connectivity index (χ3n) is 2.72. The molecule has 0 fully saturated rings. The van der Waals surface area contributed by atoms with E-state index >= 15 is 0 Å². The Morgan fingerprint density at radius 2 is 2.18 bits per heavy atom. The highest BCUT2D eigenvalue weighted by atomic mass is 35.5. The fourth-order valence-corrected chi connectivity index (χ4v) is 2.01. The maximum Gasteiger partial charge on any atom is 0.149 e. The summed E-state index contributed by atoms with van der Waals surface area (Å²) in [5.41, 5.74) is 7.73. The fraction of sp³-hybridized carbons (Fsp3) is 0.250. The minimum atomic E-state index is -0.455. The van der Waals surface area contributed by atoms with Crippen LogP contribution in [0.4, 0.5) is 10.2 Å². The van der Waals surface area contributed by atoms with Gasteiger partial charge in [-0.05, 0) is 12.5 Å². The Hall–Kier alpha value is -1.55. The quantitative estimate of drug-likeness (QED) is 0.894. The molecule has 0 spiro atoms. The van der Waals surface area contributed by atoms with E-state index in [0.29, 0.717) is 23.4 Å². The molecular weight excluding hydrogens is 241 g/mol. The first-order valence-corrected chi connectivity index (χ1v) is 5.69. The van der Waals surface area contributed by atoms with Gasteiger partial charge in [0.2, 0.25) is 0 Å². The Morgan fingerprint density at radius 1 is 1.47 bits per heavy atom. The van der Waals surface area contributed by atoms with E-state index in [0.717, 1.165) is 5.69 Å². The standard InChI is InChI=1S/C12H13ClFN3/c1-3-9-10(12(15)17(2)16-9)7-5-4-6-8(13)11(7)14/h4-6H,3,15H2,1-2H3. The summed E-state index contributed by atoms with van der Waals surface area (Å²) >= 11 is 5.78. The molecule has 0 unspecified atom stereocenters. The third-order valence-corrected chi connectivity index (χ3v) is 3.01. The van der Waals surface area contributed by atoms with E-state index in [9.17, 15) is 4.39 Å². The number of nitrogen functional groups attached to an aromatic ring is 1. The van der Waals surface area contributed by atoms with E-state index in [4.69, 9.17) is 17.3 Å². The first-order chi connectivity index (χ1) is 8.06. The van der Waals surface area contributed by atoms with Crippen molar-refractivity contribution in [3.63, 3.8) is 0 Å². The first-order valence-electron chi connectivity index (χ1n) is 5.32. The molecule has 1 aromatic carbocycles. The summed E-state index contributed by atoms with van der Waals surface area (Å²) in [5, 5.41) is 4.35. The Labute approximate surface area is 104 Å². The number of rotatable bonds is 2. The second-order valence-electron chi connectivity index (χ2n) is 3.79. The van der Waals surface area contributed by atoms with Gasteiger partial charge in [-0.1, -0.05) is 30.7 Å². The molecule has 0 bridgehead atoms. The van der Waals surface area contributed by atoms with Crippen molar-refractivity contribution >= 4 is 17.4 Å². The minimum Gasteiger partial charge on any atom is -0.383 e. The van der Waals surface area contributed by atoms with Crippen molar-refractivity contribution in [2.45, 2.75) is 13.3 Å². The van der Waals surface area contributed by atoms with Crippen LogP contribution in [0.25, 0.3) is 11.1 Å².